The van der Waals surface area contributed by atoms with Gasteiger partial charge in [-0.1, -0.05) is 30.0 Å². The van der Waals surface area contributed by atoms with Gasteiger partial charge >= 0.3 is 6.61 Å². The molecule has 0 atom stereocenters. The van der Waals surface area contributed by atoms with Gasteiger partial charge in [-0.05, 0) is 36.4 Å². The Morgan fingerprint density at radius 2 is 1.82 bits per heavy atom. The lowest BCUT2D eigenvalue weighted by Crippen LogP contribution is -2.01. The van der Waals surface area contributed by atoms with Crippen molar-refractivity contribution >= 4 is 11.8 Å². The van der Waals surface area contributed by atoms with Crippen molar-refractivity contribution in [2.24, 2.45) is 0 Å². The van der Waals surface area contributed by atoms with Gasteiger partial charge in [0.2, 0.25) is 5.89 Å². The van der Waals surface area contributed by atoms with Gasteiger partial charge in [0, 0.05) is 23.1 Å². The molecule has 0 aliphatic heterocycles. The average Bonchev–Trinajstić information content (AvgIpc) is 3.37. The lowest BCUT2D eigenvalue weighted by atomic mass is 10.2. The average molecular weight is 400 g/mol. The van der Waals surface area contributed by atoms with Crippen LogP contribution in [-0.4, -0.2) is 26.6 Å². The Balaban J connectivity index is 1.38. The largest absolute Gasteiger partial charge is 0.435 e. The standard InChI is InChI=1S/C19H14F2N4O2S/c20-18(21)26-16-8-6-14(7-9-16)17-23-24-19(27-17)28-12-13-10-22-25(11-13)15-4-2-1-3-5-15/h1-11,18H,12H2. The fraction of sp³-hybridized carbons (Fsp3) is 0.105. The van der Waals surface area contributed by atoms with Crippen molar-refractivity contribution in [1.29, 1.82) is 0 Å². The van der Waals surface area contributed by atoms with E-state index in [2.05, 4.69) is 20.0 Å². The molecule has 2 aromatic carbocycles. The van der Waals surface area contributed by atoms with Gasteiger partial charge in [-0.25, -0.2) is 4.68 Å². The van der Waals surface area contributed by atoms with Crippen molar-refractivity contribution < 1.29 is 17.9 Å². The van der Waals surface area contributed by atoms with Crippen LogP contribution < -0.4 is 4.74 Å². The molecule has 4 aromatic rings. The number of thioether (sulfide) groups is 1. The molecule has 0 amide bonds. The Kier molecular flexibility index (Phi) is 5.34. The number of para-hydroxylation sites is 1. The molecule has 0 unspecified atom stereocenters. The van der Waals surface area contributed by atoms with E-state index in [-0.39, 0.29) is 5.75 Å². The Hall–Kier alpha value is -3.20. The first-order valence-electron chi connectivity index (χ1n) is 8.28. The third kappa shape index (κ3) is 4.37. The summed E-state index contributed by atoms with van der Waals surface area (Å²) in [7, 11) is 0. The number of aromatic nitrogens is 4. The van der Waals surface area contributed by atoms with E-state index >= 15 is 0 Å². The van der Waals surface area contributed by atoms with Gasteiger partial charge < -0.3 is 9.15 Å². The van der Waals surface area contributed by atoms with E-state index in [0.717, 1.165) is 11.3 Å². The minimum Gasteiger partial charge on any atom is -0.435 e. The summed E-state index contributed by atoms with van der Waals surface area (Å²) in [5.74, 6) is 1.00. The van der Waals surface area contributed by atoms with Crippen LogP contribution >= 0.6 is 11.8 Å². The zero-order chi connectivity index (χ0) is 19.3. The van der Waals surface area contributed by atoms with Gasteiger partial charge in [-0.15, -0.1) is 10.2 Å². The van der Waals surface area contributed by atoms with E-state index in [4.69, 9.17) is 4.42 Å². The van der Waals surface area contributed by atoms with Crippen molar-refractivity contribution in [3.8, 4) is 22.9 Å². The highest BCUT2D eigenvalue weighted by Crippen LogP contribution is 2.27. The number of nitrogens with zero attached hydrogens (tertiary/aromatic N) is 4. The molecule has 0 fully saturated rings. The molecular weight excluding hydrogens is 386 g/mol. The summed E-state index contributed by atoms with van der Waals surface area (Å²) in [6, 6.07) is 15.9. The molecule has 4 rings (SSSR count). The molecule has 0 N–H and O–H groups in total. The first-order valence-corrected chi connectivity index (χ1v) is 9.26. The van der Waals surface area contributed by atoms with E-state index in [1.54, 1.807) is 23.0 Å². The summed E-state index contributed by atoms with van der Waals surface area (Å²) in [6.07, 6.45) is 3.74. The summed E-state index contributed by atoms with van der Waals surface area (Å²) >= 11 is 1.39. The Morgan fingerprint density at radius 3 is 2.57 bits per heavy atom. The smallest absolute Gasteiger partial charge is 0.387 e. The van der Waals surface area contributed by atoms with Gasteiger partial charge in [0.25, 0.3) is 5.22 Å². The first-order chi connectivity index (χ1) is 13.7. The first kappa shape index (κ1) is 18.2. The van der Waals surface area contributed by atoms with Crippen LogP contribution in [0.25, 0.3) is 17.1 Å². The second-order valence-electron chi connectivity index (χ2n) is 5.69. The van der Waals surface area contributed by atoms with Crippen LogP contribution in [0.5, 0.6) is 5.75 Å². The predicted molar refractivity (Wildman–Crippen MR) is 99.5 cm³/mol. The minimum atomic E-state index is -2.86. The third-order valence-electron chi connectivity index (χ3n) is 3.75. The highest BCUT2D eigenvalue weighted by molar-refractivity contribution is 7.98. The van der Waals surface area contributed by atoms with Gasteiger partial charge in [0.05, 0.1) is 11.9 Å². The van der Waals surface area contributed by atoms with Crippen molar-refractivity contribution in [2.45, 2.75) is 17.6 Å². The monoisotopic (exact) mass is 400 g/mol. The molecule has 0 spiro atoms. The van der Waals surface area contributed by atoms with Crippen LogP contribution in [0, 0.1) is 0 Å². The molecule has 9 heteroatoms. The summed E-state index contributed by atoms with van der Waals surface area (Å²) in [5.41, 5.74) is 2.62. The molecule has 6 nitrogen and oxygen atoms in total. The quantitative estimate of drug-likeness (QED) is 0.415. The molecule has 2 aromatic heterocycles. The fourth-order valence-electron chi connectivity index (χ4n) is 2.47. The highest BCUT2D eigenvalue weighted by atomic mass is 32.2. The Morgan fingerprint density at radius 1 is 1.04 bits per heavy atom. The zero-order valence-electron chi connectivity index (χ0n) is 14.4. The number of hydrogen-bond donors (Lipinski definition) is 0. The van der Waals surface area contributed by atoms with E-state index in [9.17, 15) is 8.78 Å². The lowest BCUT2D eigenvalue weighted by molar-refractivity contribution is -0.0498. The maximum atomic E-state index is 12.2. The van der Waals surface area contributed by atoms with Crippen LogP contribution in [0.2, 0.25) is 0 Å². The summed E-state index contributed by atoms with van der Waals surface area (Å²) in [4.78, 5) is 0. The molecule has 0 aliphatic carbocycles. The second kappa shape index (κ2) is 8.22. The number of hydrogen-bond acceptors (Lipinski definition) is 6. The number of rotatable bonds is 7. The molecule has 0 saturated heterocycles. The number of alkyl halides is 2. The fourth-order valence-corrected chi connectivity index (χ4v) is 3.14. The van der Waals surface area contributed by atoms with E-state index in [0.29, 0.717) is 22.4 Å². The molecule has 0 aliphatic rings. The number of benzene rings is 2. The van der Waals surface area contributed by atoms with Crippen molar-refractivity contribution in [2.75, 3.05) is 0 Å². The lowest BCUT2D eigenvalue weighted by Gasteiger charge is -2.03. The maximum absolute atomic E-state index is 12.2. The van der Waals surface area contributed by atoms with Crippen LogP contribution in [-0.2, 0) is 5.75 Å². The normalized spacial score (nSPS) is 11.1. The third-order valence-corrected chi connectivity index (χ3v) is 4.64. The van der Waals surface area contributed by atoms with Gasteiger partial charge in [0.15, 0.2) is 0 Å². The molecule has 2 heterocycles. The minimum absolute atomic E-state index is 0.0725. The summed E-state index contributed by atoms with van der Waals surface area (Å²) in [6.45, 7) is -2.86. The molecular formula is C19H14F2N4O2S. The Bertz CT molecular complexity index is 1040. The number of ether oxygens (including phenoxy) is 1. The topological polar surface area (TPSA) is 66.0 Å². The van der Waals surface area contributed by atoms with Crippen LogP contribution in [0.1, 0.15) is 5.56 Å². The SMILES string of the molecule is FC(F)Oc1ccc(-c2nnc(SCc3cnn(-c4ccccc4)c3)o2)cc1. The van der Waals surface area contributed by atoms with Crippen LogP contribution in [0.4, 0.5) is 8.78 Å². The predicted octanol–water partition coefficient (Wildman–Crippen LogP) is 4.82. The zero-order valence-corrected chi connectivity index (χ0v) is 15.2. The van der Waals surface area contributed by atoms with E-state index in [1.807, 2.05) is 36.5 Å². The van der Waals surface area contributed by atoms with Crippen LogP contribution in [0.15, 0.2) is 76.6 Å². The second-order valence-corrected chi connectivity index (χ2v) is 6.62. The molecule has 28 heavy (non-hydrogen) atoms. The van der Waals surface area contributed by atoms with Crippen LogP contribution in [0.3, 0.4) is 0 Å². The van der Waals surface area contributed by atoms with Gasteiger partial charge in [0.1, 0.15) is 5.75 Å². The van der Waals surface area contributed by atoms with E-state index < -0.39 is 6.61 Å². The maximum Gasteiger partial charge on any atom is 0.387 e. The summed E-state index contributed by atoms with van der Waals surface area (Å²) < 4.78 is 36.1. The molecule has 0 radical (unpaired) electrons. The molecule has 142 valence electrons. The van der Waals surface area contributed by atoms with Gasteiger partial charge in [-0.3, -0.25) is 0 Å². The van der Waals surface area contributed by atoms with Crippen molar-refractivity contribution in [3.05, 3.63) is 72.6 Å². The highest BCUT2D eigenvalue weighted by Gasteiger charge is 2.11. The van der Waals surface area contributed by atoms with Crippen molar-refractivity contribution in [3.63, 3.8) is 0 Å². The molecule has 0 bridgehead atoms. The van der Waals surface area contributed by atoms with E-state index in [1.165, 1.54) is 23.9 Å². The summed E-state index contributed by atoms with van der Waals surface area (Å²) in [5, 5.41) is 12.8. The molecule has 0 saturated carbocycles. The van der Waals surface area contributed by atoms with Gasteiger partial charge in [-0.2, -0.15) is 13.9 Å². The Labute approximate surface area is 163 Å². The van der Waals surface area contributed by atoms with Crippen molar-refractivity contribution in [1.82, 2.24) is 20.0 Å². The number of halogens is 2.